The zero-order chi connectivity index (χ0) is 14.7. The molecule has 0 radical (unpaired) electrons. The maximum Gasteiger partial charge on any atom is 0.249 e. The van der Waals surface area contributed by atoms with Crippen LogP contribution >= 0.6 is 0 Å². The van der Waals surface area contributed by atoms with Crippen LogP contribution in [-0.4, -0.2) is 51.9 Å². The van der Waals surface area contributed by atoms with Crippen molar-refractivity contribution in [1.29, 1.82) is 0 Å². The van der Waals surface area contributed by atoms with Crippen molar-refractivity contribution in [2.75, 3.05) is 0 Å². The molecule has 5 N–H and O–H groups in total. The fourth-order valence-corrected chi connectivity index (χ4v) is 2.05. The minimum Gasteiger partial charge on any atom is -0.387 e. The van der Waals surface area contributed by atoms with Crippen molar-refractivity contribution in [3.8, 4) is 0 Å². The Morgan fingerprint density at radius 3 is 2.45 bits per heavy atom. The third kappa shape index (κ3) is 3.14. The van der Waals surface area contributed by atoms with Crippen molar-refractivity contribution >= 4 is 5.91 Å². The van der Waals surface area contributed by atoms with Crippen LogP contribution in [0.4, 0.5) is 0 Å². The van der Waals surface area contributed by atoms with Gasteiger partial charge in [0.2, 0.25) is 5.91 Å². The van der Waals surface area contributed by atoms with Crippen LogP contribution in [-0.2, 0) is 20.9 Å². The van der Waals surface area contributed by atoms with Crippen LogP contribution < -0.4 is 5.73 Å². The Morgan fingerprint density at radius 2 is 1.85 bits per heavy atom. The second-order valence-electron chi connectivity index (χ2n) is 4.59. The summed E-state index contributed by atoms with van der Waals surface area (Å²) in [4.78, 5) is 11.1. The first-order chi connectivity index (χ1) is 9.50. The third-order valence-corrected chi connectivity index (χ3v) is 3.13. The number of amides is 1. The molecule has 5 atom stereocenters. The van der Waals surface area contributed by atoms with Crippen molar-refractivity contribution < 1.29 is 29.6 Å². The molecule has 110 valence electrons. The van der Waals surface area contributed by atoms with E-state index in [9.17, 15) is 20.1 Å². The van der Waals surface area contributed by atoms with E-state index in [-0.39, 0.29) is 6.61 Å². The lowest BCUT2D eigenvalue weighted by Crippen LogP contribution is -2.61. The van der Waals surface area contributed by atoms with Gasteiger partial charge in [0.05, 0.1) is 6.61 Å². The molecule has 1 aromatic rings. The first-order valence-electron chi connectivity index (χ1n) is 6.15. The lowest BCUT2D eigenvalue weighted by molar-refractivity contribution is -0.285. The van der Waals surface area contributed by atoms with Gasteiger partial charge in [-0.05, 0) is 5.56 Å². The summed E-state index contributed by atoms with van der Waals surface area (Å²) in [7, 11) is 0. The van der Waals surface area contributed by atoms with E-state index in [2.05, 4.69) is 0 Å². The normalized spacial score (nSPS) is 33.9. The number of primary amides is 1. The molecule has 0 saturated carbocycles. The zero-order valence-electron chi connectivity index (χ0n) is 10.6. The van der Waals surface area contributed by atoms with Gasteiger partial charge >= 0.3 is 0 Å². The van der Waals surface area contributed by atoms with E-state index < -0.39 is 36.6 Å². The summed E-state index contributed by atoms with van der Waals surface area (Å²) in [5, 5.41) is 29.2. The zero-order valence-corrected chi connectivity index (χ0v) is 10.6. The van der Waals surface area contributed by atoms with Crippen LogP contribution in [0.5, 0.6) is 0 Å². The molecule has 3 unspecified atom stereocenters. The van der Waals surface area contributed by atoms with E-state index in [1.54, 1.807) is 12.1 Å². The maximum atomic E-state index is 11.1. The van der Waals surface area contributed by atoms with Crippen LogP contribution in [0.3, 0.4) is 0 Å². The first-order valence-corrected chi connectivity index (χ1v) is 6.15. The molecular formula is C13H17NO6. The minimum absolute atomic E-state index is 0.109. The molecule has 1 amide bonds. The Hall–Kier alpha value is -1.51. The topological polar surface area (TPSA) is 122 Å². The molecule has 1 aliphatic heterocycles. The lowest BCUT2D eigenvalue weighted by atomic mass is 9.98. The van der Waals surface area contributed by atoms with Gasteiger partial charge < -0.3 is 30.5 Å². The van der Waals surface area contributed by atoms with Gasteiger partial charge in [0.15, 0.2) is 12.4 Å². The summed E-state index contributed by atoms with van der Waals surface area (Å²) in [5.74, 6) is -0.934. The Balaban J connectivity index is 2.05. The largest absolute Gasteiger partial charge is 0.387 e. The Morgan fingerprint density at radius 1 is 1.20 bits per heavy atom. The van der Waals surface area contributed by atoms with Gasteiger partial charge in [-0.15, -0.1) is 0 Å². The summed E-state index contributed by atoms with van der Waals surface area (Å²) in [5.41, 5.74) is 5.89. The molecule has 0 aromatic heterocycles. The number of aliphatic hydroxyl groups excluding tert-OH is 3. The number of carbonyl (C=O) groups is 1. The SMILES string of the molecule is NC(=O)C1OC(O)C(O)[C@@H](OCc2ccccc2)[C@H]1O. The molecule has 1 fully saturated rings. The average molecular weight is 283 g/mol. The highest BCUT2D eigenvalue weighted by Gasteiger charge is 2.46. The number of aliphatic hydroxyl groups is 3. The first kappa shape index (κ1) is 14.9. The fourth-order valence-electron chi connectivity index (χ4n) is 2.05. The summed E-state index contributed by atoms with van der Waals surface area (Å²) in [6.45, 7) is 0.109. The standard InChI is InChI=1S/C13H17NO6/c14-12(17)11-8(15)10(9(16)13(18)20-11)19-6-7-4-2-1-3-5-7/h1-5,8-11,13,15-16,18H,6H2,(H2,14,17)/t8-,9?,10+,11?,13?/m1/s1. The molecule has 1 saturated heterocycles. The monoisotopic (exact) mass is 283 g/mol. The Bertz CT molecular complexity index is 453. The van der Waals surface area contributed by atoms with Crippen molar-refractivity contribution in [1.82, 2.24) is 0 Å². The highest BCUT2D eigenvalue weighted by Crippen LogP contribution is 2.23. The quantitative estimate of drug-likeness (QED) is 0.533. The van der Waals surface area contributed by atoms with Gasteiger partial charge in [-0.1, -0.05) is 30.3 Å². The third-order valence-electron chi connectivity index (χ3n) is 3.13. The molecule has 1 aliphatic rings. The highest BCUT2D eigenvalue weighted by atomic mass is 16.6. The summed E-state index contributed by atoms with van der Waals surface area (Å²) >= 11 is 0. The smallest absolute Gasteiger partial charge is 0.249 e. The van der Waals surface area contributed by atoms with E-state index >= 15 is 0 Å². The van der Waals surface area contributed by atoms with Gasteiger partial charge in [0.1, 0.15) is 18.3 Å². The van der Waals surface area contributed by atoms with Gasteiger partial charge in [0.25, 0.3) is 0 Å². The molecule has 0 aliphatic carbocycles. The number of carbonyl (C=O) groups excluding carboxylic acids is 1. The highest BCUT2D eigenvalue weighted by molar-refractivity contribution is 5.79. The maximum absolute atomic E-state index is 11.1. The molecule has 7 nitrogen and oxygen atoms in total. The van der Waals surface area contributed by atoms with E-state index in [4.69, 9.17) is 15.2 Å². The number of nitrogens with two attached hydrogens (primary N) is 1. The van der Waals surface area contributed by atoms with Crippen LogP contribution in [0.1, 0.15) is 5.56 Å². The van der Waals surface area contributed by atoms with E-state index in [1.807, 2.05) is 18.2 Å². The van der Waals surface area contributed by atoms with Crippen molar-refractivity contribution in [2.45, 2.75) is 37.3 Å². The summed E-state index contributed by atoms with van der Waals surface area (Å²) in [6.07, 6.45) is -7.15. The predicted molar refractivity (Wildman–Crippen MR) is 67.1 cm³/mol. The van der Waals surface area contributed by atoms with Crippen LogP contribution in [0.2, 0.25) is 0 Å². The van der Waals surface area contributed by atoms with Crippen molar-refractivity contribution in [3.05, 3.63) is 35.9 Å². The fraction of sp³-hybridized carbons (Fsp3) is 0.462. The predicted octanol–water partition coefficient (Wildman–Crippen LogP) is -1.50. The summed E-state index contributed by atoms with van der Waals surface area (Å²) in [6, 6.07) is 9.09. The lowest BCUT2D eigenvalue weighted by Gasteiger charge is -2.39. The van der Waals surface area contributed by atoms with Gasteiger partial charge in [0, 0.05) is 0 Å². The van der Waals surface area contributed by atoms with Crippen LogP contribution in [0.15, 0.2) is 30.3 Å². The number of ether oxygens (including phenoxy) is 2. The van der Waals surface area contributed by atoms with Gasteiger partial charge in [-0.3, -0.25) is 4.79 Å². The molecule has 1 aromatic carbocycles. The Labute approximate surface area is 115 Å². The van der Waals surface area contributed by atoms with E-state index in [1.165, 1.54) is 0 Å². The van der Waals surface area contributed by atoms with E-state index in [0.29, 0.717) is 0 Å². The summed E-state index contributed by atoms with van der Waals surface area (Å²) < 4.78 is 10.2. The van der Waals surface area contributed by atoms with Gasteiger partial charge in [-0.2, -0.15) is 0 Å². The molecule has 20 heavy (non-hydrogen) atoms. The van der Waals surface area contributed by atoms with Crippen molar-refractivity contribution in [3.63, 3.8) is 0 Å². The number of benzene rings is 1. The molecule has 0 spiro atoms. The van der Waals surface area contributed by atoms with Crippen LogP contribution in [0.25, 0.3) is 0 Å². The molecule has 2 rings (SSSR count). The number of rotatable bonds is 4. The second kappa shape index (κ2) is 6.29. The van der Waals surface area contributed by atoms with E-state index in [0.717, 1.165) is 5.56 Å². The molecular weight excluding hydrogens is 266 g/mol. The number of hydrogen-bond donors (Lipinski definition) is 4. The number of hydrogen-bond acceptors (Lipinski definition) is 6. The Kier molecular flexibility index (Phi) is 4.69. The molecule has 0 bridgehead atoms. The average Bonchev–Trinajstić information content (AvgIpc) is 2.43. The molecule has 7 heteroatoms. The van der Waals surface area contributed by atoms with Crippen molar-refractivity contribution in [2.24, 2.45) is 5.73 Å². The van der Waals surface area contributed by atoms with Gasteiger partial charge in [-0.25, -0.2) is 0 Å². The second-order valence-corrected chi connectivity index (χ2v) is 4.59. The molecule has 1 heterocycles. The minimum atomic E-state index is -1.64. The van der Waals surface area contributed by atoms with Crippen LogP contribution in [0, 0.1) is 0 Å².